The molecule has 0 spiro atoms. The van der Waals surface area contributed by atoms with Crippen molar-refractivity contribution in [3.05, 3.63) is 29.6 Å². The van der Waals surface area contributed by atoms with Crippen LogP contribution in [0, 0.1) is 11.8 Å². The predicted octanol–water partition coefficient (Wildman–Crippen LogP) is 0.419. The molecular weight excluding hydrogens is 182 g/mol. The Balaban J connectivity index is 2.99. The van der Waals surface area contributed by atoms with Crippen LogP contribution in [0.2, 0.25) is 0 Å². The third-order valence-electron chi connectivity index (χ3n) is 1.47. The van der Waals surface area contributed by atoms with Gasteiger partial charge >= 0.3 is 5.97 Å². The first-order valence-corrected chi connectivity index (χ1v) is 3.77. The third-order valence-corrected chi connectivity index (χ3v) is 1.47. The number of aromatic nitrogens is 1. The molecule has 0 aliphatic heterocycles. The minimum Gasteiger partial charge on any atom is -0.459 e. The number of nitrogens with zero attached hydrogens (tertiary/aromatic N) is 1. The Labute approximate surface area is 80.9 Å². The number of methoxy groups -OCH3 is 1. The van der Waals surface area contributed by atoms with Crippen LogP contribution in [-0.2, 0) is 9.53 Å². The average Bonchev–Trinajstić information content (AvgIpc) is 2.26. The highest BCUT2D eigenvalue weighted by molar-refractivity contribution is 5.90. The van der Waals surface area contributed by atoms with Crippen LogP contribution in [0.5, 0.6) is 0 Å². The number of esters is 1. The summed E-state index contributed by atoms with van der Waals surface area (Å²) in [5, 5.41) is 0. The molecule has 1 aromatic heterocycles. The lowest BCUT2D eigenvalue weighted by atomic mass is 10.1. The zero-order chi connectivity index (χ0) is 10.4. The molecule has 1 rings (SSSR count). The summed E-state index contributed by atoms with van der Waals surface area (Å²) in [4.78, 5) is 25.0. The molecule has 0 amide bonds. The quantitative estimate of drug-likeness (QED) is 0.365. The summed E-state index contributed by atoms with van der Waals surface area (Å²) in [6.07, 6.45) is 3.55. The minimum atomic E-state index is -0.647. The molecule has 0 aliphatic rings. The van der Waals surface area contributed by atoms with E-state index >= 15 is 0 Å². The highest BCUT2D eigenvalue weighted by Crippen LogP contribution is 2.01. The van der Waals surface area contributed by atoms with E-state index in [9.17, 15) is 9.59 Å². The number of ether oxygens (including phenoxy) is 1. The van der Waals surface area contributed by atoms with Crippen molar-refractivity contribution >= 4 is 12.3 Å². The monoisotopic (exact) mass is 189 g/mol. The first-order valence-electron chi connectivity index (χ1n) is 3.77. The zero-order valence-corrected chi connectivity index (χ0v) is 7.48. The molecule has 1 heterocycles. The van der Waals surface area contributed by atoms with Gasteiger partial charge in [-0.3, -0.25) is 9.78 Å². The highest BCUT2D eigenvalue weighted by Gasteiger charge is 1.97. The summed E-state index contributed by atoms with van der Waals surface area (Å²) in [5.41, 5.74) is 0.810. The van der Waals surface area contributed by atoms with Gasteiger partial charge < -0.3 is 4.74 Å². The van der Waals surface area contributed by atoms with Crippen LogP contribution in [0.25, 0.3) is 0 Å². The molecule has 70 valence electrons. The van der Waals surface area contributed by atoms with Crippen LogP contribution in [-0.4, -0.2) is 24.3 Å². The normalized spacial score (nSPS) is 8.36. The van der Waals surface area contributed by atoms with Crippen LogP contribution in [0.1, 0.15) is 15.9 Å². The summed E-state index contributed by atoms with van der Waals surface area (Å²) >= 11 is 0. The number of carbonyl (C=O) groups is 2. The third kappa shape index (κ3) is 2.42. The minimum absolute atomic E-state index is 0.399. The van der Waals surface area contributed by atoms with Crippen molar-refractivity contribution in [3.63, 3.8) is 0 Å². The lowest BCUT2D eigenvalue weighted by molar-refractivity contribution is -0.133. The van der Waals surface area contributed by atoms with E-state index in [1.165, 1.54) is 25.6 Å². The van der Waals surface area contributed by atoms with E-state index in [0.29, 0.717) is 17.4 Å². The number of rotatable bonds is 1. The molecule has 0 fully saturated rings. The second kappa shape index (κ2) is 4.77. The maximum absolute atomic E-state index is 10.7. The lowest BCUT2D eigenvalue weighted by Gasteiger charge is -1.92. The summed E-state index contributed by atoms with van der Waals surface area (Å²) in [6, 6.07) is 1.52. The Morgan fingerprint density at radius 1 is 1.64 bits per heavy atom. The van der Waals surface area contributed by atoms with Gasteiger partial charge in [0.2, 0.25) is 0 Å². The van der Waals surface area contributed by atoms with Gasteiger partial charge in [0.15, 0.2) is 6.29 Å². The number of hydrogen-bond donors (Lipinski definition) is 0. The van der Waals surface area contributed by atoms with Crippen LogP contribution >= 0.6 is 0 Å². The van der Waals surface area contributed by atoms with Gasteiger partial charge in [0.1, 0.15) is 0 Å². The van der Waals surface area contributed by atoms with Crippen molar-refractivity contribution in [1.29, 1.82) is 0 Å². The molecule has 0 radical (unpaired) electrons. The van der Waals surface area contributed by atoms with Gasteiger partial charge in [0.25, 0.3) is 0 Å². The molecule has 0 N–H and O–H groups in total. The fourth-order valence-electron chi connectivity index (χ4n) is 0.782. The Kier molecular flexibility index (Phi) is 3.39. The molecule has 14 heavy (non-hydrogen) atoms. The summed E-state index contributed by atoms with van der Waals surface area (Å²) in [6.45, 7) is 0. The summed E-state index contributed by atoms with van der Waals surface area (Å²) in [7, 11) is 1.24. The standard InChI is InChI=1S/C10H7NO3/c1-14-10(13)3-2-8-6-11-5-4-9(8)7-12/h4-7H,1H3. The highest BCUT2D eigenvalue weighted by atomic mass is 16.5. The van der Waals surface area contributed by atoms with E-state index in [4.69, 9.17) is 0 Å². The second-order valence-electron chi connectivity index (χ2n) is 2.32. The van der Waals surface area contributed by atoms with E-state index in [1.807, 2.05) is 0 Å². The molecule has 1 aromatic rings. The van der Waals surface area contributed by atoms with E-state index in [2.05, 4.69) is 21.6 Å². The van der Waals surface area contributed by atoms with Gasteiger partial charge in [-0.15, -0.1) is 0 Å². The van der Waals surface area contributed by atoms with Gasteiger partial charge in [-0.25, -0.2) is 4.79 Å². The van der Waals surface area contributed by atoms with Gasteiger partial charge in [-0.1, -0.05) is 5.92 Å². The van der Waals surface area contributed by atoms with Crippen LogP contribution in [0.15, 0.2) is 18.5 Å². The Bertz CT molecular complexity index is 415. The van der Waals surface area contributed by atoms with Crippen molar-refractivity contribution in [3.8, 4) is 11.8 Å². The van der Waals surface area contributed by atoms with Crippen molar-refractivity contribution in [2.75, 3.05) is 7.11 Å². The van der Waals surface area contributed by atoms with Crippen molar-refractivity contribution < 1.29 is 14.3 Å². The second-order valence-corrected chi connectivity index (χ2v) is 2.32. The molecule has 4 heteroatoms. The summed E-state index contributed by atoms with van der Waals surface area (Å²) < 4.78 is 4.32. The molecule has 0 aromatic carbocycles. The van der Waals surface area contributed by atoms with Crippen LogP contribution < -0.4 is 0 Å². The van der Waals surface area contributed by atoms with E-state index < -0.39 is 5.97 Å². The summed E-state index contributed by atoms with van der Waals surface area (Å²) in [5.74, 6) is 4.06. The molecule has 0 saturated carbocycles. The van der Waals surface area contributed by atoms with E-state index in [-0.39, 0.29) is 0 Å². The molecule has 0 aliphatic carbocycles. The number of carbonyl (C=O) groups excluding carboxylic acids is 2. The molecular formula is C10H7NO3. The predicted molar refractivity (Wildman–Crippen MR) is 48.5 cm³/mol. The maximum Gasteiger partial charge on any atom is 0.384 e. The fourth-order valence-corrected chi connectivity index (χ4v) is 0.782. The largest absolute Gasteiger partial charge is 0.459 e. The maximum atomic E-state index is 10.7. The first kappa shape index (κ1) is 9.93. The smallest absolute Gasteiger partial charge is 0.384 e. The number of hydrogen-bond acceptors (Lipinski definition) is 4. The SMILES string of the molecule is COC(=O)C#Cc1cnccc1C=O. The van der Waals surface area contributed by atoms with Crippen LogP contribution in [0.4, 0.5) is 0 Å². The van der Waals surface area contributed by atoms with Gasteiger partial charge in [-0.2, -0.15) is 0 Å². The molecule has 4 nitrogen and oxygen atoms in total. The molecule has 0 atom stereocenters. The fraction of sp³-hybridized carbons (Fsp3) is 0.100. The van der Waals surface area contributed by atoms with E-state index in [0.717, 1.165) is 0 Å². The Morgan fingerprint density at radius 3 is 3.07 bits per heavy atom. The van der Waals surface area contributed by atoms with Crippen molar-refractivity contribution in [2.24, 2.45) is 0 Å². The lowest BCUT2D eigenvalue weighted by Crippen LogP contribution is -1.95. The molecule has 0 unspecified atom stereocenters. The Hall–Kier alpha value is -2.15. The van der Waals surface area contributed by atoms with Gasteiger partial charge in [0.05, 0.1) is 12.7 Å². The average molecular weight is 189 g/mol. The van der Waals surface area contributed by atoms with Gasteiger partial charge in [-0.05, 0) is 6.07 Å². The number of pyridine rings is 1. The molecule has 0 bridgehead atoms. The van der Waals surface area contributed by atoms with Crippen molar-refractivity contribution in [2.45, 2.75) is 0 Å². The first-order chi connectivity index (χ1) is 6.77. The zero-order valence-electron chi connectivity index (χ0n) is 7.48. The number of aldehydes is 1. The topological polar surface area (TPSA) is 56.3 Å². The van der Waals surface area contributed by atoms with Gasteiger partial charge in [0, 0.05) is 23.9 Å². The van der Waals surface area contributed by atoms with E-state index in [1.54, 1.807) is 0 Å². The van der Waals surface area contributed by atoms with Crippen LogP contribution in [0.3, 0.4) is 0 Å². The molecule has 0 saturated heterocycles. The Morgan fingerprint density at radius 2 is 2.43 bits per heavy atom. The van der Waals surface area contributed by atoms with Crippen molar-refractivity contribution in [1.82, 2.24) is 4.98 Å².